The molecule has 5 nitrogen and oxygen atoms in total. The number of aryl methyl sites for hydroxylation is 3. The van der Waals surface area contributed by atoms with Crippen molar-refractivity contribution in [1.29, 1.82) is 0 Å². The SMILES string of the molecule is Cc1ccc(CCC(=O)Oc2ccc(NS(C)(=O)=O)cc2)c(C)c1. The monoisotopic (exact) mass is 347 g/mol. The maximum atomic E-state index is 11.9. The van der Waals surface area contributed by atoms with Gasteiger partial charge in [-0.3, -0.25) is 9.52 Å². The highest BCUT2D eigenvalue weighted by Gasteiger charge is 2.08. The first-order chi connectivity index (χ1) is 11.2. The third kappa shape index (κ3) is 5.70. The maximum Gasteiger partial charge on any atom is 0.311 e. The first kappa shape index (κ1) is 18.0. The van der Waals surface area contributed by atoms with Crippen molar-refractivity contribution < 1.29 is 17.9 Å². The fourth-order valence-corrected chi connectivity index (χ4v) is 2.91. The van der Waals surface area contributed by atoms with Gasteiger partial charge in [-0.2, -0.15) is 0 Å². The number of sulfonamides is 1. The van der Waals surface area contributed by atoms with Gasteiger partial charge in [-0.25, -0.2) is 8.42 Å². The van der Waals surface area contributed by atoms with Crippen molar-refractivity contribution >= 4 is 21.7 Å². The zero-order valence-corrected chi connectivity index (χ0v) is 14.8. The predicted octanol–water partition coefficient (Wildman–Crippen LogP) is 3.21. The van der Waals surface area contributed by atoms with Gasteiger partial charge in [0.05, 0.1) is 6.26 Å². The lowest BCUT2D eigenvalue weighted by Crippen LogP contribution is -2.11. The first-order valence-corrected chi connectivity index (χ1v) is 9.47. The minimum Gasteiger partial charge on any atom is -0.427 e. The Morgan fingerprint density at radius 1 is 1.08 bits per heavy atom. The van der Waals surface area contributed by atoms with Crippen LogP contribution in [0, 0.1) is 13.8 Å². The molecule has 0 fully saturated rings. The summed E-state index contributed by atoms with van der Waals surface area (Å²) in [6.45, 7) is 4.06. The molecule has 2 rings (SSSR count). The lowest BCUT2D eigenvalue weighted by atomic mass is 10.0. The summed E-state index contributed by atoms with van der Waals surface area (Å²) in [6, 6.07) is 12.4. The van der Waals surface area contributed by atoms with Crippen molar-refractivity contribution in [2.75, 3.05) is 11.0 Å². The Hall–Kier alpha value is -2.34. The molecule has 0 heterocycles. The predicted molar refractivity (Wildman–Crippen MR) is 94.8 cm³/mol. The molecule has 1 N–H and O–H groups in total. The highest BCUT2D eigenvalue weighted by molar-refractivity contribution is 7.92. The van der Waals surface area contributed by atoms with Gasteiger partial charge in [0.2, 0.25) is 10.0 Å². The summed E-state index contributed by atoms with van der Waals surface area (Å²) >= 11 is 0. The minimum atomic E-state index is -3.32. The Morgan fingerprint density at radius 2 is 1.75 bits per heavy atom. The summed E-state index contributed by atoms with van der Waals surface area (Å²) in [5.41, 5.74) is 3.92. The Kier molecular flexibility index (Phi) is 5.62. The Labute approximate surface area is 142 Å². The molecular formula is C18H21NO4S. The van der Waals surface area contributed by atoms with Crippen LogP contribution in [0.4, 0.5) is 5.69 Å². The van der Waals surface area contributed by atoms with E-state index in [1.807, 2.05) is 26.0 Å². The fraction of sp³-hybridized carbons (Fsp3) is 0.278. The Bertz CT molecular complexity index is 827. The highest BCUT2D eigenvalue weighted by Crippen LogP contribution is 2.18. The molecule has 0 amide bonds. The van der Waals surface area contributed by atoms with Crippen molar-refractivity contribution in [2.24, 2.45) is 0 Å². The van der Waals surface area contributed by atoms with Gasteiger partial charge in [-0.1, -0.05) is 23.8 Å². The average Bonchev–Trinajstić information content (AvgIpc) is 2.47. The number of anilines is 1. The maximum absolute atomic E-state index is 11.9. The van der Waals surface area contributed by atoms with Crippen LogP contribution in [0.25, 0.3) is 0 Å². The largest absolute Gasteiger partial charge is 0.427 e. The van der Waals surface area contributed by atoms with Gasteiger partial charge >= 0.3 is 5.97 Å². The van der Waals surface area contributed by atoms with Crippen LogP contribution in [-0.2, 0) is 21.2 Å². The summed E-state index contributed by atoms with van der Waals surface area (Å²) in [4.78, 5) is 11.9. The number of esters is 1. The van der Waals surface area contributed by atoms with Crippen LogP contribution in [0.2, 0.25) is 0 Å². The molecule has 0 saturated heterocycles. The Balaban J connectivity index is 1.90. The molecule has 0 aliphatic carbocycles. The van der Waals surface area contributed by atoms with E-state index < -0.39 is 10.0 Å². The molecule has 0 aromatic heterocycles. The minimum absolute atomic E-state index is 0.285. The summed E-state index contributed by atoms with van der Waals surface area (Å²) in [6.07, 6.45) is 1.99. The molecule has 6 heteroatoms. The van der Waals surface area contributed by atoms with E-state index in [1.165, 1.54) is 11.1 Å². The summed E-state index contributed by atoms with van der Waals surface area (Å²) < 4.78 is 29.9. The van der Waals surface area contributed by atoms with E-state index in [0.717, 1.165) is 11.8 Å². The van der Waals surface area contributed by atoms with Crippen LogP contribution >= 0.6 is 0 Å². The summed E-state index contributed by atoms with van der Waals surface area (Å²) in [5, 5.41) is 0. The molecular weight excluding hydrogens is 326 g/mol. The molecule has 0 radical (unpaired) electrons. The molecule has 0 bridgehead atoms. The zero-order valence-electron chi connectivity index (χ0n) is 14.0. The number of benzene rings is 2. The van der Waals surface area contributed by atoms with E-state index in [2.05, 4.69) is 10.8 Å². The molecule has 2 aromatic carbocycles. The fourth-order valence-electron chi connectivity index (χ4n) is 2.35. The van der Waals surface area contributed by atoms with E-state index in [4.69, 9.17) is 4.74 Å². The van der Waals surface area contributed by atoms with Gasteiger partial charge in [-0.05, 0) is 55.7 Å². The standard InChI is InChI=1S/C18H21NO4S/c1-13-4-5-15(14(2)12-13)6-11-18(20)23-17-9-7-16(8-10-17)19-24(3,21)22/h4-5,7-10,12,19H,6,11H2,1-3H3. The molecule has 0 spiro atoms. The van der Waals surface area contributed by atoms with Gasteiger partial charge in [0.25, 0.3) is 0 Å². The van der Waals surface area contributed by atoms with Crippen LogP contribution in [0.15, 0.2) is 42.5 Å². The van der Waals surface area contributed by atoms with E-state index in [0.29, 0.717) is 17.9 Å². The van der Waals surface area contributed by atoms with E-state index in [1.54, 1.807) is 24.3 Å². The van der Waals surface area contributed by atoms with E-state index >= 15 is 0 Å². The summed E-state index contributed by atoms with van der Waals surface area (Å²) in [7, 11) is -3.32. The molecule has 0 aliphatic heterocycles. The third-order valence-corrected chi connectivity index (χ3v) is 4.09. The zero-order chi connectivity index (χ0) is 17.7. The molecule has 128 valence electrons. The molecule has 0 unspecified atom stereocenters. The number of rotatable bonds is 6. The molecule has 24 heavy (non-hydrogen) atoms. The van der Waals surface area contributed by atoms with Crippen LogP contribution in [0.1, 0.15) is 23.1 Å². The van der Waals surface area contributed by atoms with Crippen LogP contribution in [-0.4, -0.2) is 20.6 Å². The lowest BCUT2D eigenvalue weighted by molar-refractivity contribution is -0.134. The molecule has 0 saturated carbocycles. The second kappa shape index (κ2) is 7.49. The smallest absolute Gasteiger partial charge is 0.311 e. The topological polar surface area (TPSA) is 72.5 Å². The molecule has 0 aliphatic rings. The number of ether oxygens (including phenoxy) is 1. The van der Waals surface area contributed by atoms with Crippen LogP contribution in [0.3, 0.4) is 0 Å². The van der Waals surface area contributed by atoms with Crippen molar-refractivity contribution in [3.05, 3.63) is 59.2 Å². The van der Waals surface area contributed by atoms with Crippen LogP contribution < -0.4 is 9.46 Å². The summed E-state index contributed by atoms with van der Waals surface area (Å²) in [5.74, 6) is 0.0680. The average molecular weight is 347 g/mol. The van der Waals surface area contributed by atoms with Gasteiger partial charge in [0, 0.05) is 12.1 Å². The number of carbonyl (C=O) groups excluding carboxylic acids is 1. The first-order valence-electron chi connectivity index (χ1n) is 7.57. The second-order valence-electron chi connectivity index (χ2n) is 5.80. The van der Waals surface area contributed by atoms with Crippen molar-refractivity contribution in [3.63, 3.8) is 0 Å². The van der Waals surface area contributed by atoms with E-state index in [9.17, 15) is 13.2 Å². The van der Waals surface area contributed by atoms with E-state index in [-0.39, 0.29) is 12.4 Å². The number of carbonyl (C=O) groups is 1. The number of hydrogen-bond donors (Lipinski definition) is 1. The van der Waals surface area contributed by atoms with Crippen molar-refractivity contribution in [3.8, 4) is 5.75 Å². The highest BCUT2D eigenvalue weighted by atomic mass is 32.2. The third-order valence-electron chi connectivity index (χ3n) is 3.49. The van der Waals surface area contributed by atoms with Gasteiger partial charge in [-0.15, -0.1) is 0 Å². The lowest BCUT2D eigenvalue weighted by Gasteiger charge is -2.08. The van der Waals surface area contributed by atoms with Gasteiger partial charge < -0.3 is 4.74 Å². The second-order valence-corrected chi connectivity index (χ2v) is 7.55. The number of hydrogen-bond acceptors (Lipinski definition) is 4. The normalized spacial score (nSPS) is 11.1. The Morgan fingerprint density at radius 3 is 2.33 bits per heavy atom. The quantitative estimate of drug-likeness (QED) is 0.643. The van der Waals surface area contributed by atoms with Crippen molar-refractivity contribution in [2.45, 2.75) is 26.7 Å². The van der Waals surface area contributed by atoms with Crippen molar-refractivity contribution in [1.82, 2.24) is 0 Å². The van der Waals surface area contributed by atoms with Crippen LogP contribution in [0.5, 0.6) is 5.75 Å². The molecule has 0 atom stereocenters. The molecule has 2 aromatic rings. The van der Waals surface area contributed by atoms with Gasteiger partial charge in [0.15, 0.2) is 0 Å². The number of nitrogens with one attached hydrogen (secondary N) is 1. The van der Waals surface area contributed by atoms with Gasteiger partial charge in [0.1, 0.15) is 5.75 Å².